The van der Waals surface area contributed by atoms with Gasteiger partial charge in [0.05, 0.1) is 0 Å². The van der Waals surface area contributed by atoms with Gasteiger partial charge in [0.25, 0.3) is 0 Å². The van der Waals surface area contributed by atoms with Crippen LogP contribution in [0.1, 0.15) is 52.0 Å². The molecule has 204 valence electrons. The Hall–Kier alpha value is -3.05. The number of phenols is 1. The number of unbranched alkanes of at least 4 members (excludes halogenated alkanes) is 1. The number of benzene rings is 1. The summed E-state index contributed by atoms with van der Waals surface area (Å²) in [5.74, 6) is 0.388. The van der Waals surface area contributed by atoms with E-state index in [1.807, 2.05) is 13.8 Å². The molecule has 0 bridgehead atoms. The highest BCUT2D eigenvalue weighted by molar-refractivity contribution is 5.76. The topological polar surface area (TPSA) is 184 Å². The van der Waals surface area contributed by atoms with Gasteiger partial charge in [0.15, 0.2) is 0 Å². The molecule has 0 radical (unpaired) electrons. The maximum Gasteiger partial charge on any atom is 0.315 e. The lowest BCUT2D eigenvalue weighted by Gasteiger charge is -2.23. The van der Waals surface area contributed by atoms with E-state index in [4.69, 9.17) is 11.5 Å². The van der Waals surface area contributed by atoms with Crippen LogP contribution < -0.4 is 38.1 Å². The van der Waals surface area contributed by atoms with Gasteiger partial charge in [0, 0.05) is 44.7 Å². The molecule has 0 saturated carbocycles. The van der Waals surface area contributed by atoms with Gasteiger partial charge in [0.2, 0.25) is 5.91 Å². The monoisotopic (exact) mass is 507 g/mol. The van der Waals surface area contributed by atoms with E-state index < -0.39 is 0 Å². The lowest BCUT2D eigenvalue weighted by molar-refractivity contribution is -0.119. The Morgan fingerprint density at radius 1 is 0.889 bits per heavy atom. The fourth-order valence-corrected chi connectivity index (χ4v) is 3.71. The van der Waals surface area contributed by atoms with E-state index in [9.17, 15) is 19.5 Å². The van der Waals surface area contributed by atoms with Crippen molar-refractivity contribution in [2.75, 3.05) is 26.2 Å². The van der Waals surface area contributed by atoms with Gasteiger partial charge >= 0.3 is 12.1 Å². The van der Waals surface area contributed by atoms with Gasteiger partial charge in [0.1, 0.15) is 5.75 Å². The molecule has 0 heterocycles. The molecule has 36 heavy (non-hydrogen) atoms. The normalized spacial score (nSPS) is 13.4. The van der Waals surface area contributed by atoms with Crippen LogP contribution >= 0.6 is 0 Å². The van der Waals surface area contributed by atoms with Crippen molar-refractivity contribution in [2.24, 2.45) is 17.4 Å². The van der Waals surface area contributed by atoms with Crippen LogP contribution in [0.25, 0.3) is 0 Å². The molecule has 0 unspecified atom stereocenters. The van der Waals surface area contributed by atoms with Gasteiger partial charge in [-0.25, -0.2) is 9.59 Å². The van der Waals surface area contributed by atoms with Crippen molar-refractivity contribution < 1.29 is 19.5 Å². The minimum absolute atomic E-state index is 0.149. The Bertz CT molecular complexity index is 789. The number of aromatic hydroxyl groups is 1. The first-order valence-electron chi connectivity index (χ1n) is 12.7. The Morgan fingerprint density at radius 2 is 1.47 bits per heavy atom. The van der Waals surface area contributed by atoms with Gasteiger partial charge < -0.3 is 43.2 Å². The zero-order chi connectivity index (χ0) is 26.9. The average Bonchev–Trinajstić information content (AvgIpc) is 2.81. The van der Waals surface area contributed by atoms with Crippen LogP contribution in [0.2, 0.25) is 0 Å². The molecule has 0 aliphatic rings. The average molecular weight is 508 g/mol. The number of carbonyl (C=O) groups excluding carboxylic acids is 3. The van der Waals surface area contributed by atoms with Crippen molar-refractivity contribution in [3.63, 3.8) is 0 Å². The van der Waals surface area contributed by atoms with Gasteiger partial charge in [-0.1, -0.05) is 32.4 Å². The number of phenolic OH excluding ortho intramolecular Hbond substituents is 1. The number of amides is 5. The molecule has 5 amide bonds. The first-order chi connectivity index (χ1) is 17.1. The summed E-state index contributed by atoms with van der Waals surface area (Å²) in [6.45, 7) is 6.97. The van der Waals surface area contributed by atoms with E-state index in [0.717, 1.165) is 24.8 Å². The molecule has 11 nitrogen and oxygen atoms in total. The van der Waals surface area contributed by atoms with Gasteiger partial charge in [-0.05, 0) is 55.8 Å². The predicted octanol–water partition coefficient (Wildman–Crippen LogP) is 0.909. The summed E-state index contributed by atoms with van der Waals surface area (Å²) in [5.41, 5.74) is 12.7. The third-order valence-electron chi connectivity index (χ3n) is 5.50. The molecule has 0 aliphatic carbocycles. The van der Waals surface area contributed by atoms with E-state index in [0.29, 0.717) is 31.8 Å². The number of urea groups is 2. The first kappa shape index (κ1) is 31.0. The molecule has 0 aromatic heterocycles. The van der Waals surface area contributed by atoms with Crippen LogP contribution in [-0.4, -0.2) is 67.4 Å². The van der Waals surface area contributed by atoms with Crippen molar-refractivity contribution >= 4 is 18.0 Å². The van der Waals surface area contributed by atoms with E-state index in [-0.39, 0.29) is 54.9 Å². The Kier molecular flexibility index (Phi) is 15.0. The largest absolute Gasteiger partial charge is 0.508 e. The summed E-state index contributed by atoms with van der Waals surface area (Å²) in [7, 11) is 0. The van der Waals surface area contributed by atoms with Crippen molar-refractivity contribution in [3.8, 4) is 5.75 Å². The number of hydrogen-bond donors (Lipinski definition) is 8. The molecule has 0 saturated heterocycles. The van der Waals surface area contributed by atoms with Crippen LogP contribution in [0, 0.1) is 5.92 Å². The van der Waals surface area contributed by atoms with Gasteiger partial charge in [-0.2, -0.15) is 0 Å². The first-order valence-corrected chi connectivity index (χ1v) is 12.7. The van der Waals surface area contributed by atoms with E-state index in [2.05, 4.69) is 26.6 Å². The zero-order valence-electron chi connectivity index (χ0n) is 21.8. The summed E-state index contributed by atoms with van der Waals surface area (Å²) in [6.07, 6.45) is 3.56. The van der Waals surface area contributed by atoms with Gasteiger partial charge in [-0.15, -0.1) is 0 Å². The summed E-state index contributed by atoms with van der Waals surface area (Å²) in [5, 5.41) is 23.5. The molecule has 1 aromatic carbocycles. The third-order valence-corrected chi connectivity index (χ3v) is 5.50. The molecule has 0 aliphatic heterocycles. The van der Waals surface area contributed by atoms with Crippen LogP contribution in [0.5, 0.6) is 5.75 Å². The van der Waals surface area contributed by atoms with E-state index in [1.54, 1.807) is 24.3 Å². The Labute approximate surface area is 214 Å². The summed E-state index contributed by atoms with van der Waals surface area (Å²) in [4.78, 5) is 36.2. The molecular formula is C25H45N7O4. The van der Waals surface area contributed by atoms with Crippen LogP contribution in [-0.2, 0) is 11.2 Å². The van der Waals surface area contributed by atoms with Crippen molar-refractivity contribution in [1.82, 2.24) is 26.6 Å². The van der Waals surface area contributed by atoms with Crippen LogP contribution in [0.4, 0.5) is 9.59 Å². The highest BCUT2D eigenvalue weighted by Crippen LogP contribution is 2.10. The van der Waals surface area contributed by atoms with Crippen LogP contribution in [0.15, 0.2) is 24.3 Å². The Balaban J connectivity index is 2.53. The summed E-state index contributed by atoms with van der Waals surface area (Å²) >= 11 is 0. The molecule has 3 atom stereocenters. The number of hydrogen-bond acceptors (Lipinski definition) is 6. The molecule has 0 spiro atoms. The highest BCUT2D eigenvalue weighted by Gasteiger charge is 2.17. The number of nitrogens with one attached hydrogen (secondary N) is 5. The predicted molar refractivity (Wildman–Crippen MR) is 141 cm³/mol. The lowest BCUT2D eigenvalue weighted by Crippen LogP contribution is -2.53. The van der Waals surface area contributed by atoms with E-state index >= 15 is 0 Å². The quantitative estimate of drug-likeness (QED) is 0.154. The Morgan fingerprint density at radius 3 is 2.06 bits per heavy atom. The molecular weight excluding hydrogens is 462 g/mol. The minimum Gasteiger partial charge on any atom is -0.508 e. The molecule has 11 heteroatoms. The van der Waals surface area contributed by atoms with Crippen molar-refractivity contribution in [3.05, 3.63) is 29.8 Å². The van der Waals surface area contributed by atoms with Crippen molar-refractivity contribution in [2.45, 2.75) is 71.0 Å². The number of carbonyl (C=O) groups is 3. The standard InChI is InChI=1S/C25H45N7O4/c1-17(2)12-22(16-28-18(3)33)32-25(36)30-15-21(6-4-5-11-26)31-24(35)29-14-20(27)13-19-7-9-23(34)10-8-19/h7-10,17,20-22,34H,4-6,11-16,26-27H2,1-3H3,(H,28,33)(H2,29,31,35)(H2,30,32,36)/t20-,21-,22-/m0/s1. The fourth-order valence-electron chi connectivity index (χ4n) is 3.71. The highest BCUT2D eigenvalue weighted by atomic mass is 16.3. The third kappa shape index (κ3) is 15.0. The second-order valence-electron chi connectivity index (χ2n) is 9.58. The molecule has 1 rings (SSSR count). The maximum absolute atomic E-state index is 12.5. The summed E-state index contributed by atoms with van der Waals surface area (Å²) in [6, 6.07) is 5.30. The SMILES string of the molecule is CC(=O)NC[C@H](CC(C)C)NC(=O)NC[C@H](CCCCN)NC(=O)NC[C@@H](N)Cc1ccc(O)cc1. The second-order valence-corrected chi connectivity index (χ2v) is 9.58. The fraction of sp³-hybridized carbons (Fsp3) is 0.640. The molecule has 10 N–H and O–H groups in total. The van der Waals surface area contributed by atoms with Crippen LogP contribution in [0.3, 0.4) is 0 Å². The second kappa shape index (κ2) is 17.4. The lowest BCUT2D eigenvalue weighted by atomic mass is 10.0. The van der Waals surface area contributed by atoms with Gasteiger partial charge in [-0.3, -0.25) is 4.79 Å². The molecule has 1 aromatic rings. The smallest absolute Gasteiger partial charge is 0.315 e. The summed E-state index contributed by atoms with van der Waals surface area (Å²) < 4.78 is 0. The maximum atomic E-state index is 12.5. The van der Waals surface area contributed by atoms with E-state index in [1.165, 1.54) is 6.92 Å². The number of nitrogens with two attached hydrogens (primary N) is 2. The number of rotatable bonds is 16. The zero-order valence-corrected chi connectivity index (χ0v) is 21.8. The van der Waals surface area contributed by atoms with Crippen molar-refractivity contribution in [1.29, 1.82) is 0 Å². The molecule has 0 fully saturated rings. The minimum atomic E-state index is -0.362.